The van der Waals surface area contributed by atoms with Crippen molar-refractivity contribution in [3.05, 3.63) is 66.2 Å². The molecule has 27 heavy (non-hydrogen) atoms. The van der Waals surface area contributed by atoms with Crippen molar-refractivity contribution in [1.29, 1.82) is 0 Å². The van der Waals surface area contributed by atoms with Gasteiger partial charge in [-0.3, -0.25) is 9.59 Å². The fourth-order valence-corrected chi connectivity index (χ4v) is 3.78. The number of hydrogen-bond donors (Lipinski definition) is 2. The highest BCUT2D eigenvalue weighted by Gasteiger charge is 2.24. The highest BCUT2D eigenvalue weighted by molar-refractivity contribution is 7.91. The predicted molar refractivity (Wildman–Crippen MR) is 104 cm³/mol. The SMILES string of the molecule is CC(C)NC(=O)[C@@H](NC(=O)CCS(=O)(=O)c1ccccc1)c1ccccc1. The first-order valence-corrected chi connectivity index (χ1v) is 10.4. The van der Waals surface area contributed by atoms with Crippen LogP contribution in [0.2, 0.25) is 0 Å². The zero-order valence-electron chi connectivity index (χ0n) is 15.4. The molecule has 0 spiro atoms. The summed E-state index contributed by atoms with van der Waals surface area (Å²) in [4.78, 5) is 25.0. The Balaban J connectivity index is 2.06. The number of sulfone groups is 1. The summed E-state index contributed by atoms with van der Waals surface area (Å²) in [7, 11) is -3.56. The molecule has 0 aromatic heterocycles. The summed E-state index contributed by atoms with van der Waals surface area (Å²) < 4.78 is 24.6. The maximum absolute atomic E-state index is 12.5. The molecule has 0 saturated carbocycles. The average Bonchev–Trinajstić information content (AvgIpc) is 2.65. The fourth-order valence-electron chi connectivity index (χ4n) is 2.52. The van der Waals surface area contributed by atoms with Crippen molar-refractivity contribution in [1.82, 2.24) is 10.6 Å². The lowest BCUT2D eigenvalue weighted by molar-refractivity contribution is -0.129. The van der Waals surface area contributed by atoms with Crippen LogP contribution >= 0.6 is 0 Å². The summed E-state index contributed by atoms with van der Waals surface area (Å²) >= 11 is 0. The third-order valence-electron chi connectivity index (χ3n) is 3.83. The second kappa shape index (κ2) is 9.32. The second-order valence-corrected chi connectivity index (χ2v) is 8.57. The van der Waals surface area contributed by atoms with Crippen LogP contribution in [0, 0.1) is 0 Å². The third kappa shape index (κ3) is 6.21. The van der Waals surface area contributed by atoms with E-state index >= 15 is 0 Å². The van der Waals surface area contributed by atoms with Gasteiger partial charge < -0.3 is 10.6 Å². The average molecular weight is 388 g/mol. The van der Waals surface area contributed by atoms with E-state index in [-0.39, 0.29) is 29.0 Å². The molecule has 0 heterocycles. The largest absolute Gasteiger partial charge is 0.352 e. The van der Waals surface area contributed by atoms with Crippen LogP contribution < -0.4 is 10.6 Å². The zero-order valence-corrected chi connectivity index (χ0v) is 16.2. The van der Waals surface area contributed by atoms with Crippen LogP contribution in [-0.2, 0) is 19.4 Å². The predicted octanol–water partition coefficient (Wildman–Crippen LogP) is 2.23. The van der Waals surface area contributed by atoms with Gasteiger partial charge in [-0.1, -0.05) is 48.5 Å². The van der Waals surface area contributed by atoms with E-state index in [1.807, 2.05) is 19.9 Å². The second-order valence-electron chi connectivity index (χ2n) is 6.46. The summed E-state index contributed by atoms with van der Waals surface area (Å²) in [6.45, 7) is 3.66. The van der Waals surface area contributed by atoms with Crippen molar-refractivity contribution in [2.75, 3.05) is 5.75 Å². The Morgan fingerprint density at radius 2 is 1.44 bits per heavy atom. The van der Waals surface area contributed by atoms with Crippen LogP contribution in [0.4, 0.5) is 0 Å². The van der Waals surface area contributed by atoms with Gasteiger partial charge in [0.05, 0.1) is 10.6 Å². The molecule has 2 aromatic rings. The Hall–Kier alpha value is -2.67. The van der Waals surface area contributed by atoms with E-state index in [0.717, 1.165) is 0 Å². The number of amides is 2. The standard InChI is InChI=1S/C20H24N2O4S/c1-15(2)21-20(24)19(16-9-5-3-6-10-16)22-18(23)13-14-27(25,26)17-11-7-4-8-12-17/h3-12,15,19H,13-14H2,1-2H3,(H,21,24)(H,22,23)/t19-/m0/s1. The van der Waals surface area contributed by atoms with E-state index in [1.165, 1.54) is 12.1 Å². The molecular formula is C20H24N2O4S. The first-order valence-electron chi connectivity index (χ1n) is 8.72. The lowest BCUT2D eigenvalue weighted by Gasteiger charge is -2.20. The minimum atomic E-state index is -3.56. The zero-order chi connectivity index (χ0) is 19.9. The van der Waals surface area contributed by atoms with Crippen molar-refractivity contribution < 1.29 is 18.0 Å². The summed E-state index contributed by atoms with van der Waals surface area (Å²) in [5.74, 6) is -1.16. The van der Waals surface area contributed by atoms with Crippen molar-refractivity contribution in [2.24, 2.45) is 0 Å². The Bertz CT molecular complexity index is 865. The first kappa shape index (κ1) is 20.6. The third-order valence-corrected chi connectivity index (χ3v) is 5.56. The van der Waals surface area contributed by atoms with Gasteiger partial charge in [-0.25, -0.2) is 8.42 Å². The Kier molecular flexibility index (Phi) is 7.12. The molecule has 144 valence electrons. The monoisotopic (exact) mass is 388 g/mol. The number of nitrogens with one attached hydrogen (secondary N) is 2. The molecule has 7 heteroatoms. The molecule has 0 saturated heterocycles. The van der Waals surface area contributed by atoms with E-state index in [0.29, 0.717) is 5.56 Å². The van der Waals surface area contributed by atoms with Crippen molar-refractivity contribution in [2.45, 2.75) is 37.2 Å². The number of carbonyl (C=O) groups is 2. The van der Waals surface area contributed by atoms with Crippen LogP contribution in [0.5, 0.6) is 0 Å². The molecule has 1 atom stereocenters. The molecule has 2 amide bonds. The van der Waals surface area contributed by atoms with E-state index in [2.05, 4.69) is 10.6 Å². The van der Waals surface area contributed by atoms with Gasteiger partial charge in [0.15, 0.2) is 9.84 Å². The minimum Gasteiger partial charge on any atom is -0.352 e. The number of rotatable bonds is 8. The van der Waals surface area contributed by atoms with Gasteiger partial charge in [0, 0.05) is 12.5 Å². The highest BCUT2D eigenvalue weighted by atomic mass is 32.2. The number of hydrogen-bond acceptors (Lipinski definition) is 4. The lowest BCUT2D eigenvalue weighted by atomic mass is 10.1. The molecule has 0 aliphatic rings. The lowest BCUT2D eigenvalue weighted by Crippen LogP contribution is -2.43. The quantitative estimate of drug-likeness (QED) is 0.725. The molecule has 0 fully saturated rings. The normalized spacial score (nSPS) is 12.4. The molecule has 2 aromatic carbocycles. The van der Waals surface area contributed by atoms with E-state index in [9.17, 15) is 18.0 Å². The van der Waals surface area contributed by atoms with Gasteiger partial charge in [0.25, 0.3) is 0 Å². The molecular weight excluding hydrogens is 364 g/mol. The fraction of sp³-hybridized carbons (Fsp3) is 0.300. The topological polar surface area (TPSA) is 92.3 Å². The van der Waals surface area contributed by atoms with Crippen molar-refractivity contribution in [3.63, 3.8) is 0 Å². The van der Waals surface area contributed by atoms with Crippen LogP contribution in [0.3, 0.4) is 0 Å². The van der Waals surface area contributed by atoms with Crippen LogP contribution in [0.25, 0.3) is 0 Å². The van der Waals surface area contributed by atoms with Crippen LogP contribution in [-0.4, -0.2) is 32.0 Å². The Morgan fingerprint density at radius 3 is 2.00 bits per heavy atom. The highest BCUT2D eigenvalue weighted by Crippen LogP contribution is 2.15. The number of carbonyl (C=O) groups excluding carboxylic acids is 2. The smallest absolute Gasteiger partial charge is 0.247 e. The van der Waals surface area contributed by atoms with Gasteiger partial charge in [0.2, 0.25) is 11.8 Å². The molecule has 2 rings (SSSR count). The Morgan fingerprint density at radius 1 is 0.889 bits per heavy atom. The maximum atomic E-state index is 12.5. The number of benzene rings is 2. The van der Waals surface area contributed by atoms with Gasteiger partial charge in [-0.15, -0.1) is 0 Å². The Labute approximate surface area is 159 Å². The van der Waals surface area contributed by atoms with Gasteiger partial charge >= 0.3 is 0 Å². The maximum Gasteiger partial charge on any atom is 0.247 e. The molecule has 0 radical (unpaired) electrons. The molecule has 0 unspecified atom stereocenters. The summed E-state index contributed by atoms with van der Waals surface area (Å²) in [6.07, 6.45) is -0.227. The summed E-state index contributed by atoms with van der Waals surface area (Å²) in [5, 5.41) is 5.42. The minimum absolute atomic E-state index is 0.0842. The van der Waals surface area contributed by atoms with Gasteiger partial charge in [0.1, 0.15) is 6.04 Å². The molecule has 0 aliphatic carbocycles. The molecule has 0 bridgehead atoms. The van der Waals surface area contributed by atoms with Crippen molar-refractivity contribution >= 4 is 21.7 Å². The molecule has 6 nitrogen and oxygen atoms in total. The molecule has 0 aliphatic heterocycles. The van der Waals surface area contributed by atoms with E-state index in [1.54, 1.807) is 42.5 Å². The van der Waals surface area contributed by atoms with Crippen LogP contribution in [0.15, 0.2) is 65.6 Å². The van der Waals surface area contributed by atoms with Gasteiger partial charge in [-0.05, 0) is 31.5 Å². The molecule has 2 N–H and O–H groups in total. The van der Waals surface area contributed by atoms with E-state index < -0.39 is 21.8 Å². The van der Waals surface area contributed by atoms with Crippen LogP contribution in [0.1, 0.15) is 31.9 Å². The van der Waals surface area contributed by atoms with Gasteiger partial charge in [-0.2, -0.15) is 0 Å². The first-order chi connectivity index (χ1) is 12.8. The van der Waals surface area contributed by atoms with Crippen molar-refractivity contribution in [3.8, 4) is 0 Å². The summed E-state index contributed by atoms with van der Waals surface area (Å²) in [5.41, 5.74) is 0.634. The summed E-state index contributed by atoms with van der Waals surface area (Å²) in [6, 6.07) is 15.9. The van der Waals surface area contributed by atoms with E-state index in [4.69, 9.17) is 0 Å².